The van der Waals surface area contributed by atoms with Gasteiger partial charge in [0.25, 0.3) is 18.2 Å². The first kappa shape index (κ1) is 22.7. The van der Waals surface area contributed by atoms with Crippen molar-refractivity contribution in [3.05, 3.63) is 23.8 Å². The zero-order valence-corrected chi connectivity index (χ0v) is 16.7. The van der Waals surface area contributed by atoms with Crippen molar-refractivity contribution < 1.29 is 27.9 Å². The van der Waals surface area contributed by atoms with Crippen molar-refractivity contribution >= 4 is 29.1 Å². The summed E-state index contributed by atoms with van der Waals surface area (Å²) in [7, 11) is 1.59. The highest BCUT2D eigenvalue weighted by atomic mass is 19.3. The third-order valence-electron chi connectivity index (χ3n) is 4.42. The van der Waals surface area contributed by atoms with Gasteiger partial charge >= 0.3 is 0 Å². The molecule has 1 fully saturated rings. The predicted molar refractivity (Wildman–Crippen MR) is 104 cm³/mol. The average molecular weight is 412 g/mol. The first-order valence-corrected chi connectivity index (χ1v) is 9.22. The van der Waals surface area contributed by atoms with Gasteiger partial charge in [-0.15, -0.1) is 0 Å². The number of alkyl halides is 2. The van der Waals surface area contributed by atoms with Crippen molar-refractivity contribution in [1.29, 1.82) is 0 Å². The molecule has 1 saturated heterocycles. The molecular weight excluding hydrogens is 386 g/mol. The molecule has 0 unspecified atom stereocenters. The van der Waals surface area contributed by atoms with Crippen LogP contribution in [0.3, 0.4) is 0 Å². The number of carbonyl (C=O) groups excluding carboxylic acids is 3. The van der Waals surface area contributed by atoms with Crippen LogP contribution < -0.4 is 16.0 Å². The van der Waals surface area contributed by atoms with E-state index in [1.807, 2.05) is 13.8 Å². The molecule has 0 aromatic heterocycles. The van der Waals surface area contributed by atoms with Crippen LogP contribution in [0.15, 0.2) is 18.2 Å². The minimum atomic E-state index is -2.87. The molecule has 2 rings (SSSR count). The zero-order chi connectivity index (χ0) is 21.7. The summed E-state index contributed by atoms with van der Waals surface area (Å²) in [5.74, 6) is -1.78. The Kier molecular flexibility index (Phi) is 7.63. The van der Waals surface area contributed by atoms with Gasteiger partial charge in [0.05, 0.1) is 12.3 Å². The van der Waals surface area contributed by atoms with Gasteiger partial charge in [-0.05, 0) is 31.2 Å². The first-order chi connectivity index (χ1) is 13.6. The fourth-order valence-corrected chi connectivity index (χ4v) is 3.26. The number of rotatable bonds is 8. The van der Waals surface area contributed by atoms with E-state index < -0.39 is 35.8 Å². The molecule has 10 heteroatoms. The molecule has 1 aliphatic heterocycles. The third-order valence-corrected chi connectivity index (χ3v) is 4.42. The average Bonchev–Trinajstić information content (AvgIpc) is 2.61. The van der Waals surface area contributed by atoms with Crippen LogP contribution >= 0.6 is 0 Å². The zero-order valence-electron chi connectivity index (χ0n) is 16.7. The number of nitrogens with one attached hydrogen (secondary N) is 1. The van der Waals surface area contributed by atoms with E-state index in [-0.39, 0.29) is 37.1 Å². The second kappa shape index (κ2) is 9.75. The maximum atomic E-state index is 13.6. The summed E-state index contributed by atoms with van der Waals surface area (Å²) < 4.78 is 32.3. The largest absolute Gasteiger partial charge is 0.370 e. The Hall–Kier alpha value is -2.59. The first-order valence-electron chi connectivity index (χ1n) is 9.22. The number of nitrogens with two attached hydrogens (primary N) is 1. The van der Waals surface area contributed by atoms with Crippen LogP contribution in [0.2, 0.25) is 0 Å². The number of hydrogen-bond donors (Lipinski definition) is 2. The highest BCUT2D eigenvalue weighted by molar-refractivity contribution is 6.09. The summed E-state index contributed by atoms with van der Waals surface area (Å²) in [4.78, 5) is 39.1. The Labute approximate surface area is 168 Å². The van der Waals surface area contributed by atoms with Crippen LogP contribution in [0.1, 0.15) is 25.8 Å². The number of nitrogens with zero attached hydrogens (tertiary/aromatic N) is 2. The Morgan fingerprint density at radius 2 is 2.03 bits per heavy atom. The van der Waals surface area contributed by atoms with Gasteiger partial charge in [-0.25, -0.2) is 8.78 Å². The Balaban J connectivity index is 2.26. The van der Waals surface area contributed by atoms with E-state index in [9.17, 15) is 23.2 Å². The number of hydrogen-bond acceptors (Lipinski definition) is 5. The van der Waals surface area contributed by atoms with Crippen molar-refractivity contribution in [2.75, 3.05) is 43.6 Å². The molecule has 1 aromatic rings. The number of ether oxygens (including phenoxy) is 1. The van der Waals surface area contributed by atoms with E-state index in [2.05, 4.69) is 5.32 Å². The number of anilines is 2. The van der Waals surface area contributed by atoms with Crippen LogP contribution in [0.4, 0.5) is 20.2 Å². The lowest BCUT2D eigenvalue weighted by atomic mass is 10.1. The summed E-state index contributed by atoms with van der Waals surface area (Å²) in [6, 6.07) is 2.61. The molecular formula is C19H26F2N4O4. The van der Waals surface area contributed by atoms with Crippen LogP contribution in [0.25, 0.3) is 0 Å². The van der Waals surface area contributed by atoms with Crippen molar-refractivity contribution in [1.82, 2.24) is 4.90 Å². The standard InChI is InChI=1S/C19H26F2N4O4/c1-11(2)9-24(3)16(18(22)27)19(28)23-12-4-5-14(13(8-12)17(20)21)25-6-7-29-10-15(25)26/h4-5,8,11,16-17H,6-7,9-10H2,1-3H3,(H2,22,27)(H,23,28)/t16-/m1/s1. The highest BCUT2D eigenvalue weighted by Gasteiger charge is 2.30. The van der Waals surface area contributed by atoms with E-state index in [4.69, 9.17) is 10.5 Å². The van der Waals surface area contributed by atoms with Crippen molar-refractivity contribution in [2.45, 2.75) is 26.3 Å². The van der Waals surface area contributed by atoms with E-state index >= 15 is 0 Å². The highest BCUT2D eigenvalue weighted by Crippen LogP contribution is 2.33. The number of primary amides is 1. The van der Waals surface area contributed by atoms with Crippen LogP contribution in [-0.2, 0) is 19.1 Å². The number of likely N-dealkylation sites (N-methyl/N-ethyl adjacent to an activating group) is 1. The van der Waals surface area contributed by atoms with Crippen molar-refractivity contribution in [3.8, 4) is 0 Å². The normalized spacial score (nSPS) is 15.9. The quantitative estimate of drug-likeness (QED) is 0.628. The molecule has 8 nitrogen and oxygen atoms in total. The molecule has 0 radical (unpaired) electrons. The van der Waals surface area contributed by atoms with Crippen molar-refractivity contribution in [2.24, 2.45) is 11.7 Å². The lowest BCUT2D eigenvalue weighted by molar-refractivity contribution is -0.132. The monoisotopic (exact) mass is 412 g/mol. The maximum absolute atomic E-state index is 13.6. The summed E-state index contributed by atoms with van der Waals surface area (Å²) in [6.07, 6.45) is -2.87. The smallest absolute Gasteiger partial charge is 0.265 e. The maximum Gasteiger partial charge on any atom is 0.265 e. The second-order valence-electron chi connectivity index (χ2n) is 7.30. The van der Waals surface area contributed by atoms with Crippen LogP contribution in [0, 0.1) is 5.92 Å². The summed E-state index contributed by atoms with van der Waals surface area (Å²) in [6.45, 7) is 4.52. The topological polar surface area (TPSA) is 105 Å². The minimum absolute atomic E-state index is 0.0645. The van der Waals surface area contributed by atoms with Crippen LogP contribution in [0.5, 0.6) is 0 Å². The Bertz CT molecular complexity index is 773. The van der Waals surface area contributed by atoms with Gasteiger partial charge in [0.1, 0.15) is 6.61 Å². The molecule has 1 heterocycles. The lowest BCUT2D eigenvalue weighted by Crippen LogP contribution is -2.51. The molecule has 160 valence electrons. The predicted octanol–water partition coefficient (Wildman–Crippen LogP) is 1.37. The molecule has 0 aliphatic carbocycles. The van der Waals surface area contributed by atoms with E-state index in [0.717, 1.165) is 6.07 Å². The lowest BCUT2D eigenvalue weighted by Gasteiger charge is -2.29. The fourth-order valence-electron chi connectivity index (χ4n) is 3.26. The Morgan fingerprint density at radius 1 is 1.34 bits per heavy atom. The van der Waals surface area contributed by atoms with Gasteiger partial charge < -0.3 is 20.7 Å². The SMILES string of the molecule is CC(C)CN(C)[C@H](C(N)=O)C(=O)Nc1ccc(N2CCOCC2=O)c(C(F)F)c1. The molecule has 1 aromatic carbocycles. The molecule has 3 N–H and O–H groups in total. The summed E-state index contributed by atoms with van der Waals surface area (Å²) in [5, 5.41) is 2.47. The van der Waals surface area contributed by atoms with Gasteiger partial charge in [-0.1, -0.05) is 13.8 Å². The Morgan fingerprint density at radius 3 is 2.59 bits per heavy atom. The minimum Gasteiger partial charge on any atom is -0.370 e. The van der Waals surface area contributed by atoms with Gasteiger partial charge in [0, 0.05) is 24.3 Å². The van der Waals surface area contributed by atoms with Gasteiger partial charge in [-0.2, -0.15) is 0 Å². The number of amides is 3. The molecule has 0 saturated carbocycles. The number of morpholine rings is 1. The number of benzene rings is 1. The van der Waals surface area contributed by atoms with Crippen LogP contribution in [-0.4, -0.2) is 62.0 Å². The number of carbonyl (C=O) groups is 3. The molecule has 0 spiro atoms. The summed E-state index contributed by atoms with van der Waals surface area (Å²) >= 11 is 0. The second-order valence-corrected chi connectivity index (χ2v) is 7.30. The molecule has 1 aliphatic rings. The number of halogens is 2. The molecule has 1 atom stereocenters. The van der Waals surface area contributed by atoms with Gasteiger partial charge in [0.2, 0.25) is 5.91 Å². The van der Waals surface area contributed by atoms with E-state index in [1.54, 1.807) is 7.05 Å². The molecule has 3 amide bonds. The van der Waals surface area contributed by atoms with Crippen molar-refractivity contribution in [3.63, 3.8) is 0 Å². The third kappa shape index (κ3) is 5.70. The fraction of sp³-hybridized carbons (Fsp3) is 0.526. The van der Waals surface area contributed by atoms with Gasteiger partial charge in [0.15, 0.2) is 6.04 Å². The van der Waals surface area contributed by atoms with E-state index in [0.29, 0.717) is 6.54 Å². The summed E-state index contributed by atoms with van der Waals surface area (Å²) in [5.41, 5.74) is 5.11. The van der Waals surface area contributed by atoms with Gasteiger partial charge in [-0.3, -0.25) is 19.3 Å². The molecule has 29 heavy (non-hydrogen) atoms. The molecule has 0 bridgehead atoms. The van der Waals surface area contributed by atoms with E-state index in [1.165, 1.54) is 21.9 Å².